The zero-order valence-electron chi connectivity index (χ0n) is 18.8. The van der Waals surface area contributed by atoms with E-state index in [9.17, 15) is 0 Å². The predicted octanol–water partition coefficient (Wildman–Crippen LogP) is -0.0844. The van der Waals surface area contributed by atoms with Crippen molar-refractivity contribution < 1.29 is 21.8 Å². The molecule has 2 aliphatic rings. The average Bonchev–Trinajstić information content (AvgIpc) is 2.70. The molecule has 172 valence electrons. The van der Waals surface area contributed by atoms with Crippen LogP contribution < -0.4 is 10.6 Å². The second kappa shape index (κ2) is 13.5. The Balaban J connectivity index is 2.24. The van der Waals surface area contributed by atoms with Crippen LogP contribution in [0.25, 0.3) is 0 Å². The maximum absolute atomic E-state index is 6.86. The summed E-state index contributed by atoms with van der Waals surface area (Å²) in [6.45, 7) is 18.0. The van der Waals surface area contributed by atoms with Gasteiger partial charge in [-0.25, -0.2) is 0 Å². The zero-order chi connectivity index (χ0) is 21.0. The lowest BCUT2D eigenvalue weighted by Crippen LogP contribution is -2.68. The van der Waals surface area contributed by atoms with E-state index >= 15 is 0 Å². The highest BCUT2D eigenvalue weighted by molar-refractivity contribution is 6.75. The molecule has 0 aromatic rings. The van der Waals surface area contributed by atoms with Gasteiger partial charge < -0.3 is 32.5 Å². The number of hydrogen-bond donors (Lipinski definition) is 2. The zero-order valence-corrected chi connectivity index (χ0v) is 20.8. The fourth-order valence-corrected chi connectivity index (χ4v) is 11.2. The quantitative estimate of drug-likeness (QED) is 0.353. The van der Waals surface area contributed by atoms with E-state index in [2.05, 4.69) is 20.4 Å². The minimum Gasteiger partial charge on any atom is -0.373 e. The summed E-state index contributed by atoms with van der Waals surface area (Å²) in [4.78, 5) is 4.77. The molecule has 2 N–H and O–H groups in total. The Morgan fingerprint density at radius 2 is 0.897 bits per heavy atom. The van der Waals surface area contributed by atoms with Crippen LogP contribution >= 0.6 is 0 Å². The third kappa shape index (κ3) is 8.26. The van der Waals surface area contributed by atoms with Crippen molar-refractivity contribution in [3.8, 4) is 0 Å². The van der Waals surface area contributed by atoms with Gasteiger partial charge in [0.15, 0.2) is 0 Å². The maximum Gasteiger partial charge on any atom is 0.508 e. The summed E-state index contributed by atoms with van der Waals surface area (Å²) >= 11 is 0. The lowest BCUT2D eigenvalue weighted by Gasteiger charge is -2.42. The molecule has 0 amide bonds. The largest absolute Gasteiger partial charge is 0.508 e. The second-order valence-electron chi connectivity index (χ2n) is 7.25. The van der Waals surface area contributed by atoms with E-state index in [-0.39, 0.29) is 0 Å². The first kappa shape index (κ1) is 25.3. The molecule has 2 fully saturated rings. The molecule has 9 nitrogen and oxygen atoms in total. The molecule has 11 heteroatoms. The van der Waals surface area contributed by atoms with Crippen LogP contribution in [0.5, 0.6) is 0 Å². The molecule has 0 saturated carbocycles. The third-order valence-electron chi connectivity index (χ3n) is 5.02. The molecule has 0 unspecified atom stereocenters. The van der Waals surface area contributed by atoms with Crippen LogP contribution in [0.2, 0.25) is 0 Å². The Morgan fingerprint density at radius 1 is 0.586 bits per heavy atom. The van der Waals surface area contributed by atoms with Gasteiger partial charge in [-0.05, 0) is 27.7 Å². The van der Waals surface area contributed by atoms with Crippen LogP contribution in [0, 0.1) is 0 Å². The van der Waals surface area contributed by atoms with Crippen molar-refractivity contribution in [1.29, 1.82) is 0 Å². The standard InChI is InChI=1S/C18H42N4O5Si2/c1-5-23-28(24-6-2,17-21-13-9-19-10-14-21)27-29(25-7-3,26-8-4)18-22-15-11-20-12-16-22/h19-20H,5-18H2,1-4H3. The molecule has 2 saturated heterocycles. The van der Waals surface area contributed by atoms with Gasteiger partial charge in [0, 0.05) is 78.8 Å². The van der Waals surface area contributed by atoms with E-state index in [0.29, 0.717) is 38.8 Å². The lowest BCUT2D eigenvalue weighted by molar-refractivity contribution is 0.0317. The molecule has 0 aliphatic carbocycles. The van der Waals surface area contributed by atoms with Crippen LogP contribution in [-0.4, -0.2) is 119 Å². The van der Waals surface area contributed by atoms with E-state index in [1.165, 1.54) is 0 Å². The van der Waals surface area contributed by atoms with Crippen molar-refractivity contribution in [1.82, 2.24) is 20.4 Å². The maximum atomic E-state index is 6.86. The first-order valence-electron chi connectivity index (χ1n) is 11.2. The van der Waals surface area contributed by atoms with Gasteiger partial charge in [0.05, 0.1) is 12.3 Å². The van der Waals surface area contributed by atoms with E-state index in [4.69, 9.17) is 21.8 Å². The molecule has 2 rings (SSSR count). The van der Waals surface area contributed by atoms with Gasteiger partial charge in [0.1, 0.15) is 0 Å². The highest BCUT2D eigenvalue weighted by atomic mass is 28.5. The number of nitrogens with one attached hydrogen (secondary N) is 2. The SMILES string of the molecule is CCO[Si](CN1CCNCC1)(OCC)O[Si](CN1CCNCC1)(OCC)OCC. The highest BCUT2D eigenvalue weighted by Gasteiger charge is 2.55. The molecule has 0 bridgehead atoms. The second-order valence-corrected chi connectivity index (χ2v) is 12.6. The van der Waals surface area contributed by atoms with Crippen molar-refractivity contribution >= 4 is 17.6 Å². The average molecular weight is 451 g/mol. The number of nitrogens with zero attached hydrogens (tertiary/aromatic N) is 2. The van der Waals surface area contributed by atoms with Crippen LogP contribution in [0.4, 0.5) is 0 Å². The third-order valence-corrected chi connectivity index (χ3v) is 12.1. The Hall–Kier alpha value is 0.0738. The molecular weight excluding hydrogens is 408 g/mol. The van der Waals surface area contributed by atoms with Gasteiger partial charge in [0.25, 0.3) is 0 Å². The molecule has 29 heavy (non-hydrogen) atoms. The van der Waals surface area contributed by atoms with Gasteiger partial charge in [-0.2, -0.15) is 0 Å². The summed E-state index contributed by atoms with van der Waals surface area (Å²) in [5, 5.41) is 6.81. The van der Waals surface area contributed by atoms with E-state index < -0.39 is 17.6 Å². The topological polar surface area (TPSA) is 76.7 Å². The molecule has 2 aliphatic heterocycles. The Morgan fingerprint density at radius 3 is 1.17 bits per heavy atom. The van der Waals surface area contributed by atoms with E-state index in [1.54, 1.807) is 0 Å². The van der Waals surface area contributed by atoms with Gasteiger partial charge in [-0.3, -0.25) is 9.80 Å². The Bertz CT molecular complexity index is 390. The normalized spacial score (nSPS) is 20.3. The monoisotopic (exact) mass is 450 g/mol. The van der Waals surface area contributed by atoms with Crippen LogP contribution in [0.15, 0.2) is 0 Å². The van der Waals surface area contributed by atoms with Gasteiger partial charge in [0.2, 0.25) is 0 Å². The first-order chi connectivity index (χ1) is 14.1. The summed E-state index contributed by atoms with van der Waals surface area (Å²) < 4.78 is 32.0. The highest BCUT2D eigenvalue weighted by Crippen LogP contribution is 2.23. The van der Waals surface area contributed by atoms with Gasteiger partial charge in [-0.1, -0.05) is 0 Å². The summed E-state index contributed by atoms with van der Waals surface area (Å²) in [7, 11) is -6.02. The minimum atomic E-state index is -3.01. The lowest BCUT2D eigenvalue weighted by atomic mass is 10.4. The van der Waals surface area contributed by atoms with Crippen LogP contribution in [0.1, 0.15) is 27.7 Å². The van der Waals surface area contributed by atoms with Gasteiger partial charge >= 0.3 is 17.6 Å². The molecule has 0 aromatic carbocycles. The molecule has 0 aromatic heterocycles. The predicted molar refractivity (Wildman–Crippen MR) is 118 cm³/mol. The summed E-state index contributed by atoms with van der Waals surface area (Å²) in [5.74, 6) is 0. The number of piperazine rings is 2. The van der Waals surface area contributed by atoms with E-state index in [0.717, 1.165) is 52.4 Å². The molecular formula is C18H42N4O5Si2. The Kier molecular flexibility index (Phi) is 11.8. The van der Waals surface area contributed by atoms with Crippen molar-refractivity contribution in [3.05, 3.63) is 0 Å². The van der Waals surface area contributed by atoms with Crippen LogP contribution in [0.3, 0.4) is 0 Å². The summed E-state index contributed by atoms with van der Waals surface area (Å²) in [6.07, 6.45) is 1.35. The van der Waals surface area contributed by atoms with Crippen molar-refractivity contribution in [2.45, 2.75) is 27.7 Å². The number of rotatable bonds is 14. The summed E-state index contributed by atoms with van der Waals surface area (Å²) in [6, 6.07) is 0. The van der Waals surface area contributed by atoms with E-state index in [1.807, 2.05) is 27.7 Å². The fraction of sp³-hybridized carbons (Fsp3) is 1.00. The van der Waals surface area contributed by atoms with Crippen molar-refractivity contribution in [2.75, 3.05) is 91.1 Å². The van der Waals surface area contributed by atoms with Gasteiger partial charge in [-0.15, -0.1) is 0 Å². The minimum absolute atomic E-state index is 0.550. The van der Waals surface area contributed by atoms with Crippen molar-refractivity contribution in [2.24, 2.45) is 0 Å². The molecule has 0 atom stereocenters. The summed E-state index contributed by atoms with van der Waals surface area (Å²) in [5.41, 5.74) is 0. The smallest absolute Gasteiger partial charge is 0.373 e. The molecule has 0 radical (unpaired) electrons. The molecule has 0 spiro atoms. The fourth-order valence-electron chi connectivity index (χ4n) is 3.85. The molecule has 2 heterocycles. The Labute approximate surface area is 179 Å². The number of hydrogen-bond acceptors (Lipinski definition) is 9. The van der Waals surface area contributed by atoms with Crippen molar-refractivity contribution in [3.63, 3.8) is 0 Å². The first-order valence-corrected chi connectivity index (χ1v) is 15.1. The van der Waals surface area contributed by atoms with Crippen LogP contribution in [-0.2, 0) is 21.8 Å².